The maximum Gasteiger partial charge on any atom is 0.0947 e. The largest absolute Gasteiger partial charge is 0.472 e. The highest BCUT2D eigenvalue weighted by Gasteiger charge is 2.25. The number of furan rings is 1. The smallest absolute Gasteiger partial charge is 0.0947 e. The summed E-state index contributed by atoms with van der Waals surface area (Å²) in [7, 11) is 0. The van der Waals surface area contributed by atoms with Gasteiger partial charge in [-0.05, 0) is 37.3 Å². The van der Waals surface area contributed by atoms with Crippen LogP contribution in [0.25, 0.3) is 0 Å². The van der Waals surface area contributed by atoms with Gasteiger partial charge in [0, 0.05) is 57.8 Å². The van der Waals surface area contributed by atoms with E-state index in [1.807, 2.05) is 18.5 Å². The summed E-state index contributed by atoms with van der Waals surface area (Å²) in [6.07, 6.45) is 8.74. The molecule has 1 saturated heterocycles. The Morgan fingerprint density at radius 1 is 1.24 bits per heavy atom. The van der Waals surface area contributed by atoms with Crippen LogP contribution < -0.4 is 0 Å². The molecule has 2 aromatic heterocycles. The minimum Gasteiger partial charge on any atom is -0.472 e. The van der Waals surface area contributed by atoms with Gasteiger partial charge in [-0.15, -0.1) is 0 Å². The second-order valence-corrected chi connectivity index (χ2v) is 7.14. The highest BCUT2D eigenvalue weighted by molar-refractivity contribution is 5.09. The molecule has 0 radical (unpaired) electrons. The molecule has 6 heteroatoms. The molecule has 2 aliphatic heterocycles. The van der Waals surface area contributed by atoms with Gasteiger partial charge in [-0.25, -0.2) is 0 Å². The molecule has 0 aromatic carbocycles. The van der Waals surface area contributed by atoms with Gasteiger partial charge in [0.1, 0.15) is 0 Å². The standard InChI is InChI=1S/C19H27N3O3/c1-6-20-22-18(1)12-21(11-17-4-9-24-15-17)13-19(22)5-10-25-14-16-2-7-23-8-3-16/h1,4,6,9,15-16,19H,2-3,5,7-8,10-14H2. The van der Waals surface area contributed by atoms with Gasteiger partial charge in [-0.2, -0.15) is 5.10 Å². The normalized spacial score (nSPS) is 22.2. The highest BCUT2D eigenvalue weighted by atomic mass is 16.5. The van der Waals surface area contributed by atoms with E-state index in [2.05, 4.69) is 20.7 Å². The van der Waals surface area contributed by atoms with Crippen molar-refractivity contribution in [1.29, 1.82) is 0 Å². The summed E-state index contributed by atoms with van der Waals surface area (Å²) in [4.78, 5) is 2.46. The molecule has 0 amide bonds. The predicted molar refractivity (Wildman–Crippen MR) is 93.1 cm³/mol. The monoisotopic (exact) mass is 345 g/mol. The molecule has 2 aliphatic rings. The first-order valence-corrected chi connectivity index (χ1v) is 9.30. The Hall–Kier alpha value is -1.63. The van der Waals surface area contributed by atoms with Crippen molar-refractivity contribution in [3.63, 3.8) is 0 Å². The van der Waals surface area contributed by atoms with Crippen LogP contribution >= 0.6 is 0 Å². The zero-order chi connectivity index (χ0) is 16.9. The number of hydrogen-bond donors (Lipinski definition) is 0. The van der Waals surface area contributed by atoms with Gasteiger partial charge in [0.15, 0.2) is 0 Å². The first kappa shape index (κ1) is 16.8. The third-order valence-corrected chi connectivity index (χ3v) is 5.23. The number of ether oxygens (including phenoxy) is 2. The maximum atomic E-state index is 5.98. The molecule has 2 aromatic rings. The second kappa shape index (κ2) is 8.17. The molecule has 0 saturated carbocycles. The third kappa shape index (κ3) is 4.32. The van der Waals surface area contributed by atoms with Gasteiger partial charge in [0.2, 0.25) is 0 Å². The van der Waals surface area contributed by atoms with Crippen LogP contribution in [0.5, 0.6) is 0 Å². The maximum absolute atomic E-state index is 5.98. The highest BCUT2D eigenvalue weighted by Crippen LogP contribution is 2.25. The average Bonchev–Trinajstić information content (AvgIpc) is 3.31. The predicted octanol–water partition coefficient (Wildman–Crippen LogP) is 2.87. The minimum absolute atomic E-state index is 0.375. The van der Waals surface area contributed by atoms with Gasteiger partial charge in [-0.1, -0.05) is 0 Å². The fourth-order valence-electron chi connectivity index (χ4n) is 3.82. The van der Waals surface area contributed by atoms with E-state index in [0.29, 0.717) is 12.0 Å². The van der Waals surface area contributed by atoms with E-state index in [1.54, 1.807) is 6.26 Å². The lowest BCUT2D eigenvalue weighted by Crippen LogP contribution is -2.37. The van der Waals surface area contributed by atoms with Crippen LogP contribution in [0, 0.1) is 5.92 Å². The Morgan fingerprint density at radius 3 is 3.00 bits per heavy atom. The Bertz CT molecular complexity index is 634. The van der Waals surface area contributed by atoms with E-state index in [0.717, 1.165) is 65.3 Å². The van der Waals surface area contributed by atoms with Crippen molar-refractivity contribution in [2.75, 3.05) is 33.0 Å². The van der Waals surface area contributed by atoms with E-state index < -0.39 is 0 Å². The SMILES string of the molecule is c1cc2n(n1)C(CCOCC1CCOCC1)CN(Cc1ccoc1)C2. The molecule has 0 N–H and O–H groups in total. The van der Waals surface area contributed by atoms with Gasteiger partial charge in [-0.3, -0.25) is 9.58 Å². The number of rotatable bonds is 7. The summed E-state index contributed by atoms with van der Waals surface area (Å²) in [5.41, 5.74) is 2.51. The first-order chi connectivity index (χ1) is 12.4. The Morgan fingerprint density at radius 2 is 2.16 bits per heavy atom. The molecule has 1 atom stereocenters. The van der Waals surface area contributed by atoms with E-state index >= 15 is 0 Å². The summed E-state index contributed by atoms with van der Waals surface area (Å²) < 4.78 is 18.8. The fraction of sp³-hybridized carbons (Fsp3) is 0.632. The molecule has 4 rings (SSSR count). The second-order valence-electron chi connectivity index (χ2n) is 7.14. The van der Waals surface area contributed by atoms with Crippen LogP contribution in [-0.4, -0.2) is 47.7 Å². The van der Waals surface area contributed by atoms with Crippen molar-refractivity contribution in [2.45, 2.75) is 38.4 Å². The number of nitrogens with zero attached hydrogens (tertiary/aromatic N) is 3. The van der Waals surface area contributed by atoms with Crippen LogP contribution in [0.15, 0.2) is 35.3 Å². The van der Waals surface area contributed by atoms with Gasteiger partial charge >= 0.3 is 0 Å². The van der Waals surface area contributed by atoms with E-state index in [4.69, 9.17) is 13.9 Å². The molecule has 136 valence electrons. The Labute approximate surface area is 148 Å². The minimum atomic E-state index is 0.375. The number of hydrogen-bond acceptors (Lipinski definition) is 5. The number of fused-ring (bicyclic) bond motifs is 1. The Kier molecular flexibility index (Phi) is 5.49. The molecule has 0 spiro atoms. The van der Waals surface area contributed by atoms with Crippen molar-refractivity contribution in [3.8, 4) is 0 Å². The van der Waals surface area contributed by atoms with Crippen LogP contribution in [0.3, 0.4) is 0 Å². The molecule has 25 heavy (non-hydrogen) atoms. The quantitative estimate of drug-likeness (QED) is 0.722. The van der Waals surface area contributed by atoms with Crippen LogP contribution in [-0.2, 0) is 22.6 Å². The summed E-state index contributed by atoms with van der Waals surface area (Å²) in [6.45, 7) is 6.28. The van der Waals surface area contributed by atoms with Crippen LogP contribution in [0.1, 0.15) is 36.6 Å². The molecular weight excluding hydrogens is 318 g/mol. The van der Waals surface area contributed by atoms with E-state index in [9.17, 15) is 0 Å². The average molecular weight is 345 g/mol. The molecular formula is C19H27N3O3. The van der Waals surface area contributed by atoms with Crippen LogP contribution in [0.2, 0.25) is 0 Å². The van der Waals surface area contributed by atoms with Crippen molar-refractivity contribution < 1.29 is 13.9 Å². The summed E-state index contributed by atoms with van der Waals surface area (Å²) in [5, 5.41) is 4.54. The van der Waals surface area contributed by atoms with E-state index in [-0.39, 0.29) is 0 Å². The molecule has 6 nitrogen and oxygen atoms in total. The molecule has 1 fully saturated rings. The van der Waals surface area contributed by atoms with Crippen molar-refractivity contribution in [3.05, 3.63) is 42.1 Å². The van der Waals surface area contributed by atoms with Crippen molar-refractivity contribution in [2.24, 2.45) is 5.92 Å². The van der Waals surface area contributed by atoms with Gasteiger partial charge in [0.25, 0.3) is 0 Å². The molecule has 1 unspecified atom stereocenters. The lowest BCUT2D eigenvalue weighted by Gasteiger charge is -2.33. The lowest BCUT2D eigenvalue weighted by molar-refractivity contribution is 0.0155. The van der Waals surface area contributed by atoms with Gasteiger partial charge < -0.3 is 13.9 Å². The van der Waals surface area contributed by atoms with Crippen molar-refractivity contribution >= 4 is 0 Å². The molecule has 0 bridgehead atoms. The summed E-state index contributed by atoms with van der Waals surface area (Å²) in [5.74, 6) is 0.665. The van der Waals surface area contributed by atoms with Crippen LogP contribution in [0.4, 0.5) is 0 Å². The lowest BCUT2D eigenvalue weighted by atomic mass is 10.0. The topological polar surface area (TPSA) is 52.7 Å². The Balaban J connectivity index is 1.29. The van der Waals surface area contributed by atoms with E-state index in [1.165, 1.54) is 11.3 Å². The fourth-order valence-corrected chi connectivity index (χ4v) is 3.82. The molecule has 4 heterocycles. The van der Waals surface area contributed by atoms with Gasteiger partial charge in [0.05, 0.1) is 24.3 Å². The molecule has 0 aliphatic carbocycles. The number of aromatic nitrogens is 2. The first-order valence-electron chi connectivity index (χ1n) is 9.30. The zero-order valence-electron chi connectivity index (χ0n) is 14.7. The summed E-state index contributed by atoms with van der Waals surface area (Å²) >= 11 is 0. The third-order valence-electron chi connectivity index (χ3n) is 5.23. The van der Waals surface area contributed by atoms with Crippen molar-refractivity contribution in [1.82, 2.24) is 14.7 Å². The summed E-state index contributed by atoms with van der Waals surface area (Å²) in [6, 6.07) is 4.54. The zero-order valence-corrected chi connectivity index (χ0v) is 14.7.